The molecular formula is C21H27N3O5S. The topological polar surface area (TPSA) is 114 Å². The number of amides is 3. The Kier molecular flexibility index (Phi) is 8.23. The molecule has 0 radical (unpaired) electrons. The zero-order chi connectivity index (χ0) is 22.1. The van der Waals surface area contributed by atoms with Gasteiger partial charge in [0.05, 0.1) is 11.0 Å². The van der Waals surface area contributed by atoms with Crippen molar-refractivity contribution in [2.45, 2.75) is 44.6 Å². The number of benzene rings is 2. The number of carbonyl (C=O) groups is 2. The van der Waals surface area contributed by atoms with Crippen LogP contribution in [0.15, 0.2) is 53.4 Å². The molecule has 0 aliphatic carbocycles. The maximum absolute atomic E-state index is 12.4. The van der Waals surface area contributed by atoms with Crippen molar-refractivity contribution in [3.05, 3.63) is 54.1 Å². The summed E-state index contributed by atoms with van der Waals surface area (Å²) in [6.07, 6.45) is 1.68. The molecular weight excluding hydrogens is 406 g/mol. The summed E-state index contributed by atoms with van der Waals surface area (Å²) < 4.78 is 32.0. The van der Waals surface area contributed by atoms with E-state index < -0.39 is 16.1 Å². The van der Waals surface area contributed by atoms with Gasteiger partial charge in [-0.3, -0.25) is 4.79 Å². The van der Waals surface area contributed by atoms with Crippen LogP contribution in [0.3, 0.4) is 0 Å². The maximum atomic E-state index is 12.4. The van der Waals surface area contributed by atoms with Gasteiger partial charge >= 0.3 is 6.03 Å². The normalized spacial score (nSPS) is 11.1. The van der Waals surface area contributed by atoms with Crippen molar-refractivity contribution < 1.29 is 22.7 Å². The van der Waals surface area contributed by atoms with Crippen molar-refractivity contribution in [2.24, 2.45) is 0 Å². The highest BCUT2D eigenvalue weighted by Crippen LogP contribution is 2.17. The van der Waals surface area contributed by atoms with Crippen LogP contribution < -0.4 is 20.1 Å². The Hall–Kier alpha value is -3.07. The molecule has 0 aromatic heterocycles. The molecule has 3 amide bonds. The molecule has 0 unspecified atom stereocenters. The highest BCUT2D eigenvalue weighted by Gasteiger charge is 2.17. The molecule has 0 bridgehead atoms. The van der Waals surface area contributed by atoms with E-state index in [0.717, 1.165) is 12.8 Å². The van der Waals surface area contributed by atoms with Crippen LogP contribution in [0.2, 0.25) is 0 Å². The van der Waals surface area contributed by atoms with Crippen LogP contribution in [0.1, 0.15) is 44.0 Å². The summed E-state index contributed by atoms with van der Waals surface area (Å²) in [6, 6.07) is 11.5. The second kappa shape index (κ2) is 10.6. The summed E-state index contributed by atoms with van der Waals surface area (Å²) in [7, 11) is -4.00. The van der Waals surface area contributed by atoms with Crippen molar-refractivity contribution in [1.82, 2.24) is 10.0 Å². The van der Waals surface area contributed by atoms with E-state index in [1.165, 1.54) is 24.3 Å². The van der Waals surface area contributed by atoms with Gasteiger partial charge in [-0.05, 0) is 68.8 Å². The van der Waals surface area contributed by atoms with E-state index in [4.69, 9.17) is 4.74 Å². The number of rotatable bonds is 9. The third-order valence-electron chi connectivity index (χ3n) is 3.95. The van der Waals surface area contributed by atoms with Gasteiger partial charge in [0.1, 0.15) is 5.75 Å². The number of nitrogens with one attached hydrogen (secondary N) is 3. The van der Waals surface area contributed by atoms with Crippen molar-refractivity contribution in [1.29, 1.82) is 0 Å². The van der Waals surface area contributed by atoms with E-state index in [9.17, 15) is 18.0 Å². The summed E-state index contributed by atoms with van der Waals surface area (Å²) in [5.41, 5.74) is 0.863. The van der Waals surface area contributed by atoms with Gasteiger partial charge in [0, 0.05) is 17.8 Å². The maximum Gasteiger partial charge on any atom is 0.328 e. The summed E-state index contributed by atoms with van der Waals surface area (Å²) >= 11 is 0. The van der Waals surface area contributed by atoms with E-state index in [1.807, 2.05) is 25.5 Å². The number of anilines is 1. The number of carbonyl (C=O) groups excluding carboxylic acids is 2. The van der Waals surface area contributed by atoms with Crippen LogP contribution in [-0.4, -0.2) is 33.0 Å². The van der Waals surface area contributed by atoms with Gasteiger partial charge < -0.3 is 15.4 Å². The SMILES string of the molecule is CCCCNC(=O)NS(=O)(=O)c1ccc(NC(=O)c2ccc(OC(C)C)cc2)cc1. The number of urea groups is 1. The van der Waals surface area contributed by atoms with E-state index in [-0.39, 0.29) is 16.9 Å². The third-order valence-corrected chi connectivity index (χ3v) is 5.30. The van der Waals surface area contributed by atoms with Gasteiger partial charge in [-0.25, -0.2) is 17.9 Å². The molecule has 0 spiro atoms. The number of sulfonamides is 1. The lowest BCUT2D eigenvalue weighted by Crippen LogP contribution is -2.39. The van der Waals surface area contributed by atoms with Crippen molar-refractivity contribution in [2.75, 3.05) is 11.9 Å². The first kappa shape index (κ1) is 23.2. The standard InChI is InChI=1S/C21H27N3O5S/c1-4-5-14-22-21(26)24-30(27,28)19-12-8-17(9-13-19)23-20(25)16-6-10-18(11-7-16)29-15(2)3/h6-13,15H,4-5,14H2,1-3H3,(H,23,25)(H2,22,24,26). The minimum absolute atomic E-state index is 0.0383. The van der Waals surface area contributed by atoms with E-state index >= 15 is 0 Å². The lowest BCUT2D eigenvalue weighted by atomic mass is 10.2. The first-order chi connectivity index (χ1) is 14.2. The quantitative estimate of drug-likeness (QED) is 0.524. The second-order valence-corrected chi connectivity index (χ2v) is 8.57. The third kappa shape index (κ3) is 7.07. The average molecular weight is 434 g/mol. The second-order valence-electron chi connectivity index (χ2n) is 6.88. The summed E-state index contributed by atoms with van der Waals surface area (Å²) in [4.78, 5) is 24.0. The molecule has 3 N–H and O–H groups in total. The molecule has 0 aliphatic heterocycles. The predicted molar refractivity (Wildman–Crippen MR) is 115 cm³/mol. The fourth-order valence-electron chi connectivity index (χ4n) is 2.47. The highest BCUT2D eigenvalue weighted by molar-refractivity contribution is 7.90. The number of hydrogen-bond acceptors (Lipinski definition) is 5. The van der Waals surface area contributed by atoms with E-state index in [2.05, 4.69) is 10.6 Å². The van der Waals surface area contributed by atoms with Crippen LogP contribution in [0, 0.1) is 0 Å². The number of unbranched alkanes of at least 4 members (excludes halogenated alkanes) is 1. The zero-order valence-electron chi connectivity index (χ0n) is 17.3. The molecule has 2 rings (SSSR count). The largest absolute Gasteiger partial charge is 0.491 e. The molecule has 0 saturated carbocycles. The molecule has 2 aromatic rings. The molecule has 30 heavy (non-hydrogen) atoms. The molecule has 0 heterocycles. The lowest BCUT2D eigenvalue weighted by Gasteiger charge is -2.11. The van der Waals surface area contributed by atoms with Gasteiger partial charge in [-0.1, -0.05) is 13.3 Å². The molecule has 0 fully saturated rings. The van der Waals surface area contributed by atoms with Crippen molar-refractivity contribution >= 4 is 27.6 Å². The number of hydrogen-bond donors (Lipinski definition) is 3. The first-order valence-corrected chi connectivity index (χ1v) is 11.2. The fraction of sp³-hybridized carbons (Fsp3) is 0.333. The van der Waals surface area contributed by atoms with Gasteiger partial charge in [0.15, 0.2) is 0 Å². The molecule has 162 valence electrons. The lowest BCUT2D eigenvalue weighted by molar-refractivity contribution is 0.102. The molecule has 0 saturated heterocycles. The monoisotopic (exact) mass is 433 g/mol. The van der Waals surface area contributed by atoms with Crippen molar-refractivity contribution in [3.63, 3.8) is 0 Å². The molecule has 2 aromatic carbocycles. The molecule has 0 aliphatic rings. The Bertz CT molecular complexity index is 955. The summed E-state index contributed by atoms with van der Waals surface area (Å²) in [5.74, 6) is 0.331. The van der Waals surface area contributed by atoms with Crippen LogP contribution in [0.25, 0.3) is 0 Å². The predicted octanol–water partition coefficient (Wildman–Crippen LogP) is 3.51. The zero-order valence-corrected chi connectivity index (χ0v) is 18.1. The minimum atomic E-state index is -4.00. The van der Waals surface area contributed by atoms with Crippen molar-refractivity contribution in [3.8, 4) is 5.75 Å². The van der Waals surface area contributed by atoms with Crippen LogP contribution in [0.5, 0.6) is 5.75 Å². The van der Waals surface area contributed by atoms with Gasteiger partial charge in [0.25, 0.3) is 15.9 Å². The Labute approximate surface area is 177 Å². The Morgan fingerprint density at radius 3 is 2.20 bits per heavy atom. The Balaban J connectivity index is 1.98. The fourth-order valence-corrected chi connectivity index (χ4v) is 3.40. The molecule has 8 nitrogen and oxygen atoms in total. The molecule has 9 heteroatoms. The Morgan fingerprint density at radius 2 is 1.63 bits per heavy atom. The first-order valence-electron chi connectivity index (χ1n) is 9.70. The Morgan fingerprint density at radius 1 is 1.00 bits per heavy atom. The van der Waals surface area contributed by atoms with Gasteiger partial charge in [0.2, 0.25) is 0 Å². The molecule has 0 atom stereocenters. The summed E-state index contributed by atoms with van der Waals surface area (Å²) in [5, 5.41) is 5.18. The van der Waals surface area contributed by atoms with Crippen LogP contribution in [-0.2, 0) is 10.0 Å². The van der Waals surface area contributed by atoms with Crippen LogP contribution in [0.4, 0.5) is 10.5 Å². The van der Waals surface area contributed by atoms with E-state index in [0.29, 0.717) is 23.5 Å². The van der Waals surface area contributed by atoms with Crippen LogP contribution >= 0.6 is 0 Å². The average Bonchev–Trinajstić information content (AvgIpc) is 2.68. The van der Waals surface area contributed by atoms with E-state index in [1.54, 1.807) is 24.3 Å². The van der Waals surface area contributed by atoms with Gasteiger partial charge in [-0.15, -0.1) is 0 Å². The highest BCUT2D eigenvalue weighted by atomic mass is 32.2. The smallest absolute Gasteiger partial charge is 0.328 e. The summed E-state index contributed by atoms with van der Waals surface area (Å²) in [6.45, 7) is 6.19. The minimum Gasteiger partial charge on any atom is -0.491 e. The van der Waals surface area contributed by atoms with Gasteiger partial charge in [-0.2, -0.15) is 0 Å². The number of ether oxygens (including phenoxy) is 1.